The fourth-order valence-electron chi connectivity index (χ4n) is 6.04. The lowest BCUT2D eigenvalue weighted by atomic mass is 10.0. The second kappa shape index (κ2) is 15.6. The summed E-state index contributed by atoms with van der Waals surface area (Å²) >= 11 is 0. The Labute approximate surface area is 274 Å². The molecule has 11 nitrogen and oxygen atoms in total. The van der Waals surface area contributed by atoms with Gasteiger partial charge in [-0.3, -0.25) is 4.79 Å². The number of carbonyl (C=O) groups excluding carboxylic acids is 1. The molecule has 1 atom stereocenters. The van der Waals surface area contributed by atoms with E-state index >= 15 is 0 Å². The third-order valence-electron chi connectivity index (χ3n) is 8.77. The number of hydrogen-bond acceptors (Lipinski definition) is 8. The van der Waals surface area contributed by atoms with Crippen molar-refractivity contribution in [1.29, 1.82) is 0 Å². The van der Waals surface area contributed by atoms with Crippen molar-refractivity contribution in [2.45, 2.75) is 51.7 Å². The van der Waals surface area contributed by atoms with E-state index in [-0.39, 0.29) is 23.9 Å². The number of likely N-dealkylation sites (N-methyl/N-ethyl adjacent to an activating group) is 1. The van der Waals surface area contributed by atoms with Crippen LogP contribution in [0.2, 0.25) is 0 Å². The van der Waals surface area contributed by atoms with Crippen LogP contribution in [0.4, 0.5) is 10.8 Å². The highest BCUT2D eigenvalue weighted by atomic mass is 16.5. The molecular weight excluding hydrogens is 598 g/mol. The molecule has 3 aromatic carbocycles. The summed E-state index contributed by atoms with van der Waals surface area (Å²) in [7, 11) is 3.33. The fourth-order valence-corrected chi connectivity index (χ4v) is 6.04. The Morgan fingerprint density at radius 1 is 1.00 bits per heavy atom. The first-order valence-electron chi connectivity index (χ1n) is 16.0. The van der Waals surface area contributed by atoms with Crippen LogP contribution < -0.4 is 15.7 Å². The van der Waals surface area contributed by atoms with Crippen molar-refractivity contribution in [2.75, 3.05) is 45.7 Å². The second-order valence-electron chi connectivity index (χ2n) is 12.1. The number of hydrogen-bond donors (Lipinski definition) is 2. The highest BCUT2D eigenvalue weighted by molar-refractivity contribution is 5.85. The first-order valence-corrected chi connectivity index (χ1v) is 16.0. The third kappa shape index (κ3) is 8.68. The number of anilines is 1. The monoisotopic (exact) mass is 641 g/mol. The molecule has 2 N–H and O–H groups in total. The number of ether oxygens (including phenoxy) is 1. The van der Waals surface area contributed by atoms with E-state index in [2.05, 4.69) is 15.2 Å². The number of rotatable bonds is 13. The minimum absolute atomic E-state index is 0.0664. The normalized spacial score (nSPS) is 14.0. The molecule has 1 aromatic heterocycles. The molecule has 1 saturated heterocycles. The zero-order valence-electron chi connectivity index (χ0n) is 27.3. The molecule has 0 aliphatic carbocycles. The number of carboxylic acid groups (broad SMARTS) is 1. The predicted octanol–water partition coefficient (Wildman–Crippen LogP) is 5.15. The molecule has 2 heterocycles. The van der Waals surface area contributed by atoms with Crippen LogP contribution in [0.3, 0.4) is 0 Å². The molecule has 1 unspecified atom stereocenters. The predicted molar refractivity (Wildman–Crippen MR) is 181 cm³/mol. The van der Waals surface area contributed by atoms with Crippen LogP contribution in [0.1, 0.15) is 41.5 Å². The molecule has 0 radical (unpaired) electrons. The van der Waals surface area contributed by atoms with Gasteiger partial charge in [-0.15, -0.1) is 0 Å². The maximum Gasteiger partial charge on any atom is 0.407 e. The number of aromatic nitrogens is 1. The van der Waals surface area contributed by atoms with Gasteiger partial charge in [0.1, 0.15) is 11.8 Å². The Balaban J connectivity index is 1.37. The van der Waals surface area contributed by atoms with Crippen LogP contribution >= 0.6 is 0 Å². The van der Waals surface area contributed by atoms with E-state index in [0.29, 0.717) is 48.4 Å². The molecule has 0 bridgehead atoms. The lowest BCUT2D eigenvalue weighted by Crippen LogP contribution is -2.42. The summed E-state index contributed by atoms with van der Waals surface area (Å²) < 4.78 is 10.9. The number of piperidine rings is 1. The number of nitrogens with one attached hydrogen (secondary N) is 1. The molecule has 248 valence electrons. The molecule has 0 saturated carbocycles. The van der Waals surface area contributed by atoms with E-state index in [4.69, 9.17) is 9.15 Å². The average Bonchev–Trinajstić information content (AvgIpc) is 3.08. The van der Waals surface area contributed by atoms with Gasteiger partial charge in [-0.1, -0.05) is 55.0 Å². The number of carbonyl (C=O) groups is 2. The van der Waals surface area contributed by atoms with Crippen LogP contribution in [0.5, 0.6) is 5.75 Å². The van der Waals surface area contributed by atoms with Crippen molar-refractivity contribution in [3.63, 3.8) is 0 Å². The molecule has 1 aliphatic rings. The summed E-state index contributed by atoms with van der Waals surface area (Å²) in [5.41, 5.74) is 2.99. The van der Waals surface area contributed by atoms with Gasteiger partial charge in [0, 0.05) is 39.6 Å². The van der Waals surface area contributed by atoms with Crippen molar-refractivity contribution in [3.8, 4) is 5.75 Å². The smallest absolute Gasteiger partial charge is 0.407 e. The Bertz CT molecular complexity index is 1720. The molecule has 2 amide bonds. The number of likely N-dealkylation sites (tertiary alicyclic amines) is 1. The Morgan fingerprint density at radius 2 is 1.72 bits per heavy atom. The lowest BCUT2D eigenvalue weighted by molar-refractivity contribution is -0.131. The maximum atomic E-state index is 13.8. The summed E-state index contributed by atoms with van der Waals surface area (Å²) in [6.07, 6.45) is 2.80. The Hall–Kier alpha value is -4.90. The summed E-state index contributed by atoms with van der Waals surface area (Å²) in [5, 5.41) is 13.3. The highest BCUT2D eigenvalue weighted by Gasteiger charge is 2.25. The van der Waals surface area contributed by atoms with Gasteiger partial charge >= 0.3 is 11.7 Å². The standard InChI is InChI=1S/C36H43N5O6/c1-25-28(24-41(36(44)45)21-20-40-18-8-5-9-19-40)14-17-30-32(25)34(43)47-35(37-30)38-31(22-26-12-15-29(46-3)16-13-26)33(42)39(2)23-27-10-6-4-7-11-27/h4,6-7,10-17,31H,5,8-9,18-24H2,1-3H3,(H,37,38)(H,44,45). The molecule has 1 fully saturated rings. The van der Waals surface area contributed by atoms with Crippen LogP contribution in [0.15, 0.2) is 75.9 Å². The highest BCUT2D eigenvalue weighted by Crippen LogP contribution is 2.22. The number of methoxy groups -OCH3 is 1. The Kier molecular flexibility index (Phi) is 11.1. The van der Waals surface area contributed by atoms with E-state index in [1.807, 2.05) is 54.6 Å². The third-order valence-corrected chi connectivity index (χ3v) is 8.77. The van der Waals surface area contributed by atoms with Gasteiger partial charge in [0.25, 0.3) is 6.01 Å². The average molecular weight is 642 g/mol. The van der Waals surface area contributed by atoms with E-state index in [1.54, 1.807) is 38.1 Å². The fraction of sp³-hybridized carbons (Fsp3) is 0.389. The zero-order valence-corrected chi connectivity index (χ0v) is 27.3. The summed E-state index contributed by atoms with van der Waals surface area (Å²) in [4.78, 5) is 49.2. The molecule has 47 heavy (non-hydrogen) atoms. The van der Waals surface area contributed by atoms with E-state index in [9.17, 15) is 19.5 Å². The molecular formula is C36H43N5O6. The zero-order chi connectivity index (χ0) is 33.3. The van der Waals surface area contributed by atoms with Crippen LogP contribution in [0, 0.1) is 6.92 Å². The van der Waals surface area contributed by atoms with Crippen molar-refractivity contribution >= 4 is 28.9 Å². The maximum absolute atomic E-state index is 13.8. The van der Waals surface area contributed by atoms with Crippen molar-refractivity contribution in [3.05, 3.63) is 99.4 Å². The minimum atomic E-state index is -1.00. The quantitative estimate of drug-likeness (QED) is 0.204. The van der Waals surface area contributed by atoms with Gasteiger partial charge in [-0.2, -0.15) is 4.98 Å². The molecule has 11 heteroatoms. The molecule has 4 aromatic rings. The Morgan fingerprint density at radius 3 is 2.40 bits per heavy atom. The number of nitrogens with zero attached hydrogens (tertiary/aromatic N) is 4. The largest absolute Gasteiger partial charge is 0.497 e. The van der Waals surface area contributed by atoms with Gasteiger partial charge in [0.05, 0.1) is 18.0 Å². The van der Waals surface area contributed by atoms with Gasteiger partial charge in [0.15, 0.2) is 0 Å². The van der Waals surface area contributed by atoms with E-state index in [1.165, 1.54) is 11.3 Å². The number of fused-ring (bicyclic) bond motifs is 1. The SMILES string of the molecule is COc1ccc(CC(Nc2nc3ccc(CN(CCN4CCCCC4)C(=O)O)c(C)c3c(=O)o2)C(=O)N(C)Cc2ccccc2)cc1. The van der Waals surface area contributed by atoms with Gasteiger partial charge < -0.3 is 34.3 Å². The topological polar surface area (TPSA) is 128 Å². The second-order valence-corrected chi connectivity index (χ2v) is 12.1. The van der Waals surface area contributed by atoms with E-state index in [0.717, 1.165) is 37.1 Å². The first kappa shape index (κ1) is 33.5. The summed E-state index contributed by atoms with van der Waals surface area (Å²) in [6.45, 7) is 5.37. The summed E-state index contributed by atoms with van der Waals surface area (Å²) in [5.74, 6) is 0.509. The molecule has 5 rings (SSSR count). The van der Waals surface area contributed by atoms with Gasteiger partial charge in [-0.05, 0) is 73.3 Å². The number of amides is 2. The lowest BCUT2D eigenvalue weighted by Gasteiger charge is -2.29. The minimum Gasteiger partial charge on any atom is -0.497 e. The van der Waals surface area contributed by atoms with E-state index < -0.39 is 17.8 Å². The van der Waals surface area contributed by atoms with Crippen LogP contribution in [-0.4, -0.2) is 83.2 Å². The molecule has 1 aliphatic heterocycles. The molecule has 0 spiro atoms. The van der Waals surface area contributed by atoms with Crippen molar-refractivity contribution in [1.82, 2.24) is 19.7 Å². The van der Waals surface area contributed by atoms with Crippen molar-refractivity contribution in [2.24, 2.45) is 0 Å². The van der Waals surface area contributed by atoms with Gasteiger partial charge in [0.2, 0.25) is 5.91 Å². The van der Waals surface area contributed by atoms with Crippen molar-refractivity contribution < 1.29 is 23.8 Å². The van der Waals surface area contributed by atoms with Gasteiger partial charge in [-0.25, -0.2) is 9.59 Å². The summed E-state index contributed by atoms with van der Waals surface area (Å²) in [6, 6.07) is 19.8. The van der Waals surface area contributed by atoms with Crippen LogP contribution in [0.25, 0.3) is 10.9 Å². The number of benzene rings is 3. The first-order chi connectivity index (χ1) is 22.7. The number of aryl methyl sites for hydroxylation is 1. The van der Waals surface area contributed by atoms with Crippen LogP contribution in [-0.2, 0) is 24.3 Å².